The van der Waals surface area contributed by atoms with Gasteiger partial charge in [-0.15, -0.1) is 0 Å². The van der Waals surface area contributed by atoms with Gasteiger partial charge in [-0.1, -0.05) is 23.4 Å². The van der Waals surface area contributed by atoms with Crippen LogP contribution >= 0.6 is 0 Å². The SMILES string of the molecule is COc1cc(/C=C2/CCCN3C2=NOC(CO)C3c2ccc(F)cc2)ccc1-n1cnc(C)c1. The molecule has 2 aliphatic heterocycles. The van der Waals surface area contributed by atoms with E-state index in [4.69, 9.17) is 9.57 Å². The lowest BCUT2D eigenvalue weighted by Crippen LogP contribution is -2.49. The number of hydrogen-bond acceptors (Lipinski definition) is 6. The van der Waals surface area contributed by atoms with Gasteiger partial charge < -0.3 is 24.1 Å². The monoisotopic (exact) mass is 462 g/mol. The van der Waals surface area contributed by atoms with Crippen LogP contribution in [0.5, 0.6) is 5.75 Å². The maximum atomic E-state index is 13.5. The number of aliphatic hydroxyl groups is 1. The maximum absolute atomic E-state index is 13.5. The Morgan fingerprint density at radius 3 is 2.76 bits per heavy atom. The number of nitrogens with zero attached hydrogens (tertiary/aromatic N) is 4. The van der Waals surface area contributed by atoms with Crippen molar-refractivity contribution in [2.45, 2.75) is 31.9 Å². The smallest absolute Gasteiger partial charge is 0.174 e. The van der Waals surface area contributed by atoms with Gasteiger partial charge in [0.2, 0.25) is 0 Å². The van der Waals surface area contributed by atoms with E-state index in [1.54, 1.807) is 25.6 Å². The number of rotatable bonds is 5. The van der Waals surface area contributed by atoms with Gasteiger partial charge in [0.25, 0.3) is 0 Å². The van der Waals surface area contributed by atoms with Crippen LogP contribution in [0.2, 0.25) is 0 Å². The highest BCUT2D eigenvalue weighted by Crippen LogP contribution is 2.36. The number of imidazole rings is 1. The Labute approximate surface area is 197 Å². The molecule has 0 bridgehead atoms. The Bertz CT molecular complexity index is 1240. The maximum Gasteiger partial charge on any atom is 0.174 e. The van der Waals surface area contributed by atoms with Gasteiger partial charge in [-0.3, -0.25) is 0 Å². The van der Waals surface area contributed by atoms with E-state index in [1.165, 1.54) is 12.1 Å². The first kappa shape index (κ1) is 22.2. The lowest BCUT2D eigenvalue weighted by molar-refractivity contribution is -0.0496. The quantitative estimate of drug-likeness (QED) is 0.614. The van der Waals surface area contributed by atoms with Crippen LogP contribution < -0.4 is 4.74 Å². The van der Waals surface area contributed by atoms with E-state index in [1.807, 2.05) is 35.9 Å². The number of oxime groups is 1. The average molecular weight is 463 g/mol. The molecule has 7 nitrogen and oxygen atoms in total. The van der Waals surface area contributed by atoms with Crippen LogP contribution in [0.3, 0.4) is 0 Å². The Morgan fingerprint density at radius 2 is 2.06 bits per heavy atom. The van der Waals surface area contributed by atoms with Crippen LogP contribution in [0.15, 0.2) is 65.7 Å². The summed E-state index contributed by atoms with van der Waals surface area (Å²) in [7, 11) is 1.66. The van der Waals surface area contributed by atoms with Gasteiger partial charge in [0, 0.05) is 12.7 Å². The first-order chi connectivity index (χ1) is 16.6. The second-order valence-corrected chi connectivity index (χ2v) is 8.56. The van der Waals surface area contributed by atoms with Crippen molar-refractivity contribution >= 4 is 11.9 Å². The largest absolute Gasteiger partial charge is 0.495 e. The zero-order chi connectivity index (χ0) is 23.7. The molecule has 176 valence electrons. The Morgan fingerprint density at radius 1 is 1.24 bits per heavy atom. The number of hydrogen-bond donors (Lipinski definition) is 1. The number of ether oxygens (including phenoxy) is 1. The second kappa shape index (κ2) is 9.30. The summed E-state index contributed by atoms with van der Waals surface area (Å²) in [5.41, 5.74) is 4.76. The van der Waals surface area contributed by atoms with E-state index in [-0.39, 0.29) is 18.5 Å². The predicted octanol–water partition coefficient (Wildman–Crippen LogP) is 4.25. The number of aliphatic hydroxyl groups excluding tert-OH is 1. The van der Waals surface area contributed by atoms with Crippen LogP contribution in [-0.4, -0.2) is 51.8 Å². The van der Waals surface area contributed by atoms with Gasteiger partial charge in [0.15, 0.2) is 11.9 Å². The number of benzene rings is 2. The van der Waals surface area contributed by atoms with Crippen molar-refractivity contribution in [1.82, 2.24) is 14.5 Å². The third kappa shape index (κ3) is 4.17. The van der Waals surface area contributed by atoms with Crippen molar-refractivity contribution < 1.29 is 19.1 Å². The summed E-state index contributed by atoms with van der Waals surface area (Å²) in [4.78, 5) is 12.2. The number of aryl methyl sites for hydroxylation is 1. The molecule has 0 spiro atoms. The minimum absolute atomic E-state index is 0.180. The van der Waals surface area contributed by atoms with Crippen LogP contribution in [-0.2, 0) is 4.84 Å². The fourth-order valence-corrected chi connectivity index (χ4v) is 4.68. The fraction of sp³-hybridized carbons (Fsp3) is 0.308. The van der Waals surface area contributed by atoms with Gasteiger partial charge in [-0.25, -0.2) is 9.37 Å². The highest BCUT2D eigenvalue weighted by molar-refractivity contribution is 6.03. The molecule has 0 radical (unpaired) electrons. The Hall–Kier alpha value is -3.65. The number of aromatic nitrogens is 2. The van der Waals surface area contributed by atoms with Gasteiger partial charge in [-0.05, 0) is 66.8 Å². The molecule has 2 aromatic carbocycles. The molecule has 1 fully saturated rings. The average Bonchev–Trinajstić information content (AvgIpc) is 3.30. The molecule has 3 aromatic rings. The molecule has 1 saturated heterocycles. The summed E-state index contributed by atoms with van der Waals surface area (Å²) in [6.07, 6.45) is 7.09. The molecule has 8 heteroatoms. The number of piperidine rings is 1. The third-order valence-electron chi connectivity index (χ3n) is 6.29. The third-order valence-corrected chi connectivity index (χ3v) is 6.29. The van der Waals surface area contributed by atoms with Crippen LogP contribution in [0.25, 0.3) is 11.8 Å². The van der Waals surface area contributed by atoms with Crippen LogP contribution in [0, 0.1) is 12.7 Å². The number of methoxy groups -OCH3 is 1. The summed E-state index contributed by atoms with van der Waals surface area (Å²) >= 11 is 0. The van der Waals surface area contributed by atoms with E-state index in [9.17, 15) is 9.50 Å². The lowest BCUT2D eigenvalue weighted by atomic mass is 9.93. The van der Waals surface area contributed by atoms with Crippen molar-refractivity contribution in [1.29, 1.82) is 0 Å². The van der Waals surface area contributed by atoms with Crippen molar-refractivity contribution in [3.8, 4) is 11.4 Å². The molecular weight excluding hydrogens is 435 g/mol. The molecule has 0 amide bonds. The van der Waals surface area contributed by atoms with E-state index < -0.39 is 6.10 Å². The van der Waals surface area contributed by atoms with Crippen molar-refractivity contribution in [2.24, 2.45) is 5.16 Å². The van der Waals surface area contributed by atoms with E-state index in [2.05, 4.69) is 21.1 Å². The topological polar surface area (TPSA) is 72.1 Å². The summed E-state index contributed by atoms with van der Waals surface area (Å²) in [5.74, 6) is 1.20. The second-order valence-electron chi connectivity index (χ2n) is 8.56. The van der Waals surface area contributed by atoms with Gasteiger partial charge >= 0.3 is 0 Å². The Kier molecular flexibility index (Phi) is 6.06. The molecule has 0 saturated carbocycles. The molecule has 34 heavy (non-hydrogen) atoms. The van der Waals surface area contributed by atoms with Gasteiger partial charge in [0.1, 0.15) is 11.6 Å². The van der Waals surface area contributed by atoms with Gasteiger partial charge in [-0.2, -0.15) is 0 Å². The molecule has 0 aliphatic carbocycles. The molecular formula is C26H27FN4O3. The number of amidine groups is 1. The molecule has 1 N–H and O–H groups in total. The van der Waals surface area contributed by atoms with Crippen molar-refractivity contribution in [2.75, 3.05) is 20.3 Å². The van der Waals surface area contributed by atoms with Crippen LogP contribution in [0.1, 0.15) is 35.7 Å². The first-order valence-corrected chi connectivity index (χ1v) is 11.3. The first-order valence-electron chi connectivity index (χ1n) is 11.3. The molecule has 2 aliphatic rings. The highest BCUT2D eigenvalue weighted by atomic mass is 19.1. The summed E-state index contributed by atoms with van der Waals surface area (Å²) in [5, 5.41) is 14.3. The highest BCUT2D eigenvalue weighted by Gasteiger charge is 2.39. The minimum Gasteiger partial charge on any atom is -0.495 e. The van der Waals surface area contributed by atoms with Gasteiger partial charge in [0.05, 0.1) is 37.5 Å². The van der Waals surface area contributed by atoms with Crippen LogP contribution in [0.4, 0.5) is 4.39 Å². The van der Waals surface area contributed by atoms with E-state index in [0.29, 0.717) is 0 Å². The molecule has 3 heterocycles. The Balaban J connectivity index is 1.48. The normalized spacial score (nSPS) is 21.1. The molecule has 1 aromatic heterocycles. The lowest BCUT2D eigenvalue weighted by Gasteiger charge is -2.43. The minimum atomic E-state index is -0.522. The summed E-state index contributed by atoms with van der Waals surface area (Å²) in [6, 6.07) is 12.2. The fourth-order valence-electron chi connectivity index (χ4n) is 4.68. The molecule has 5 rings (SSSR count). The van der Waals surface area contributed by atoms with E-state index >= 15 is 0 Å². The molecule has 2 atom stereocenters. The van der Waals surface area contributed by atoms with E-state index in [0.717, 1.165) is 59.1 Å². The zero-order valence-corrected chi connectivity index (χ0v) is 19.2. The van der Waals surface area contributed by atoms with Crippen molar-refractivity contribution in [3.05, 3.63) is 83.2 Å². The summed E-state index contributed by atoms with van der Waals surface area (Å²) < 4.78 is 21.1. The predicted molar refractivity (Wildman–Crippen MR) is 127 cm³/mol. The number of fused-ring (bicyclic) bond motifs is 1. The summed E-state index contributed by atoms with van der Waals surface area (Å²) in [6.45, 7) is 2.55. The molecule has 2 unspecified atom stereocenters. The van der Waals surface area contributed by atoms with Crippen molar-refractivity contribution in [3.63, 3.8) is 0 Å². The standard InChI is InChI=1S/C26H27FN4O3/c1-17-14-30(16-28-17)22-10-5-18(13-23(22)33-2)12-20-4-3-11-31-25(19-6-8-21(27)9-7-19)24(15-32)34-29-26(20)31/h5-10,12-14,16,24-25,32H,3-4,11,15H2,1-2H3/b20-12-. The zero-order valence-electron chi connectivity index (χ0n) is 19.2. The number of halogens is 1.